The molecule has 1 aliphatic carbocycles. The Morgan fingerprint density at radius 3 is 2.67 bits per heavy atom. The molecule has 1 aliphatic heterocycles. The molecule has 2 aliphatic rings. The van der Waals surface area contributed by atoms with Crippen molar-refractivity contribution in [1.82, 2.24) is 4.90 Å². The van der Waals surface area contributed by atoms with Gasteiger partial charge in [-0.3, -0.25) is 0 Å². The summed E-state index contributed by atoms with van der Waals surface area (Å²) >= 11 is 0. The van der Waals surface area contributed by atoms with E-state index < -0.39 is 0 Å². The number of nitrogens with two attached hydrogens (primary N) is 1. The first-order valence-corrected chi connectivity index (χ1v) is 6.76. The summed E-state index contributed by atoms with van der Waals surface area (Å²) < 4.78 is 0. The van der Waals surface area contributed by atoms with Gasteiger partial charge < -0.3 is 10.6 Å². The van der Waals surface area contributed by atoms with Crippen LogP contribution in [0.4, 0.5) is 0 Å². The van der Waals surface area contributed by atoms with Crippen molar-refractivity contribution in [2.45, 2.75) is 51.5 Å². The first-order valence-electron chi connectivity index (χ1n) is 6.76. The van der Waals surface area contributed by atoms with Crippen molar-refractivity contribution >= 4 is 0 Å². The van der Waals surface area contributed by atoms with Gasteiger partial charge in [-0.25, -0.2) is 0 Å². The van der Waals surface area contributed by atoms with Crippen LogP contribution in [0.3, 0.4) is 0 Å². The third-order valence-electron chi connectivity index (χ3n) is 4.29. The maximum atomic E-state index is 5.94. The molecule has 0 aromatic rings. The Hall–Kier alpha value is -0.0800. The highest BCUT2D eigenvalue weighted by molar-refractivity contribution is 4.81. The normalized spacial score (nSPS) is 38.4. The van der Waals surface area contributed by atoms with Gasteiger partial charge in [0, 0.05) is 19.1 Å². The molecule has 2 rings (SSSR count). The lowest BCUT2D eigenvalue weighted by atomic mass is 9.80. The van der Waals surface area contributed by atoms with Gasteiger partial charge in [0.05, 0.1) is 0 Å². The van der Waals surface area contributed by atoms with Gasteiger partial charge >= 0.3 is 0 Å². The first-order chi connectivity index (χ1) is 7.28. The minimum Gasteiger partial charge on any atom is -0.326 e. The summed E-state index contributed by atoms with van der Waals surface area (Å²) in [6.45, 7) is 6.06. The average molecular weight is 210 g/mol. The van der Waals surface area contributed by atoms with E-state index in [1.807, 2.05) is 0 Å². The van der Waals surface area contributed by atoms with Gasteiger partial charge in [-0.05, 0) is 37.6 Å². The van der Waals surface area contributed by atoms with Gasteiger partial charge in [0.2, 0.25) is 0 Å². The van der Waals surface area contributed by atoms with Gasteiger partial charge in [-0.1, -0.05) is 26.2 Å². The van der Waals surface area contributed by atoms with Crippen molar-refractivity contribution in [3.63, 3.8) is 0 Å². The largest absolute Gasteiger partial charge is 0.326 e. The van der Waals surface area contributed by atoms with E-state index in [0.29, 0.717) is 6.04 Å². The maximum Gasteiger partial charge on any atom is 0.0180 e. The van der Waals surface area contributed by atoms with Crippen LogP contribution in [-0.2, 0) is 0 Å². The van der Waals surface area contributed by atoms with Crippen LogP contribution >= 0.6 is 0 Å². The minimum absolute atomic E-state index is 0.454. The Kier molecular flexibility index (Phi) is 4.04. The van der Waals surface area contributed by atoms with E-state index in [4.69, 9.17) is 5.73 Å². The zero-order valence-electron chi connectivity index (χ0n) is 10.1. The molecule has 2 unspecified atom stereocenters. The number of hydrogen-bond acceptors (Lipinski definition) is 2. The maximum absolute atomic E-state index is 5.94. The summed E-state index contributed by atoms with van der Waals surface area (Å²) in [7, 11) is 0. The van der Waals surface area contributed by atoms with E-state index >= 15 is 0 Å². The number of hydrogen-bond donors (Lipinski definition) is 1. The lowest BCUT2D eigenvalue weighted by Crippen LogP contribution is -2.32. The van der Waals surface area contributed by atoms with Gasteiger partial charge in [0.1, 0.15) is 0 Å². The second-order valence-electron chi connectivity index (χ2n) is 5.62. The fourth-order valence-corrected chi connectivity index (χ4v) is 3.33. The second-order valence-corrected chi connectivity index (χ2v) is 5.62. The predicted molar refractivity (Wildman–Crippen MR) is 64.8 cm³/mol. The van der Waals surface area contributed by atoms with Crippen molar-refractivity contribution in [3.8, 4) is 0 Å². The molecular formula is C13H26N2. The Labute approximate surface area is 94.2 Å². The third kappa shape index (κ3) is 3.18. The van der Waals surface area contributed by atoms with Gasteiger partial charge in [-0.15, -0.1) is 0 Å². The Morgan fingerprint density at radius 1 is 1.20 bits per heavy atom. The van der Waals surface area contributed by atoms with Crippen LogP contribution in [0, 0.1) is 11.8 Å². The van der Waals surface area contributed by atoms with Crippen LogP contribution in [0.1, 0.15) is 45.4 Å². The van der Waals surface area contributed by atoms with Crippen molar-refractivity contribution in [2.24, 2.45) is 17.6 Å². The molecule has 0 aromatic carbocycles. The monoisotopic (exact) mass is 210 g/mol. The molecule has 2 heteroatoms. The van der Waals surface area contributed by atoms with Crippen LogP contribution in [-0.4, -0.2) is 30.6 Å². The highest BCUT2D eigenvalue weighted by Crippen LogP contribution is 2.31. The Balaban J connectivity index is 1.74. The lowest BCUT2D eigenvalue weighted by Gasteiger charge is -2.31. The van der Waals surface area contributed by atoms with E-state index in [9.17, 15) is 0 Å². The molecule has 0 radical (unpaired) electrons. The standard InChI is InChI=1S/C13H26N2/c1-2-11-4-3-5-12(8-11)9-15-7-6-13(14)10-15/h11-13H,2-10,14H2,1H3/t11?,12?,13-/m1/s1. The number of likely N-dealkylation sites (tertiary alicyclic amines) is 1. The zero-order valence-corrected chi connectivity index (χ0v) is 10.1. The SMILES string of the molecule is CCC1CCCC(CN2CC[C@@H](N)C2)C1. The number of rotatable bonds is 3. The average Bonchev–Trinajstić information content (AvgIpc) is 2.64. The molecule has 2 N–H and O–H groups in total. The Morgan fingerprint density at radius 2 is 2.00 bits per heavy atom. The summed E-state index contributed by atoms with van der Waals surface area (Å²) in [5.41, 5.74) is 5.94. The van der Waals surface area contributed by atoms with Crippen molar-refractivity contribution in [3.05, 3.63) is 0 Å². The van der Waals surface area contributed by atoms with Crippen LogP contribution in [0.15, 0.2) is 0 Å². The summed E-state index contributed by atoms with van der Waals surface area (Å²) in [5, 5.41) is 0. The smallest absolute Gasteiger partial charge is 0.0180 e. The topological polar surface area (TPSA) is 29.3 Å². The lowest BCUT2D eigenvalue weighted by molar-refractivity contribution is 0.192. The van der Waals surface area contributed by atoms with Gasteiger partial charge in [0.15, 0.2) is 0 Å². The Bertz CT molecular complexity index is 193. The zero-order chi connectivity index (χ0) is 10.7. The molecule has 0 aromatic heterocycles. The first kappa shape index (κ1) is 11.4. The van der Waals surface area contributed by atoms with Crippen molar-refractivity contribution in [2.75, 3.05) is 19.6 Å². The third-order valence-corrected chi connectivity index (χ3v) is 4.29. The molecule has 15 heavy (non-hydrogen) atoms. The van der Waals surface area contributed by atoms with Crippen LogP contribution in [0.25, 0.3) is 0 Å². The summed E-state index contributed by atoms with van der Waals surface area (Å²) in [6, 6.07) is 0.454. The van der Waals surface area contributed by atoms with E-state index in [-0.39, 0.29) is 0 Å². The van der Waals surface area contributed by atoms with Crippen LogP contribution in [0.5, 0.6) is 0 Å². The molecule has 0 spiro atoms. The van der Waals surface area contributed by atoms with E-state index in [2.05, 4.69) is 11.8 Å². The van der Waals surface area contributed by atoms with Gasteiger partial charge in [-0.2, -0.15) is 0 Å². The molecular weight excluding hydrogens is 184 g/mol. The van der Waals surface area contributed by atoms with Crippen LogP contribution in [0.2, 0.25) is 0 Å². The van der Waals surface area contributed by atoms with Gasteiger partial charge in [0.25, 0.3) is 0 Å². The molecule has 3 atom stereocenters. The molecule has 1 saturated heterocycles. The fourth-order valence-electron chi connectivity index (χ4n) is 3.33. The molecule has 0 amide bonds. The molecule has 88 valence electrons. The molecule has 2 fully saturated rings. The highest BCUT2D eigenvalue weighted by Gasteiger charge is 2.25. The molecule has 0 bridgehead atoms. The molecule has 1 heterocycles. The summed E-state index contributed by atoms with van der Waals surface area (Å²) in [6.07, 6.45) is 8.47. The van der Waals surface area contributed by atoms with Crippen LogP contribution < -0.4 is 5.73 Å². The van der Waals surface area contributed by atoms with E-state index in [0.717, 1.165) is 18.4 Å². The quantitative estimate of drug-likeness (QED) is 0.774. The molecule has 2 nitrogen and oxygen atoms in total. The minimum atomic E-state index is 0.454. The highest BCUT2D eigenvalue weighted by atomic mass is 15.2. The van der Waals surface area contributed by atoms with Crippen molar-refractivity contribution < 1.29 is 0 Å². The molecule has 1 saturated carbocycles. The summed E-state index contributed by atoms with van der Waals surface area (Å²) in [4.78, 5) is 2.59. The van der Waals surface area contributed by atoms with E-state index in [1.165, 1.54) is 51.6 Å². The number of nitrogens with zero attached hydrogens (tertiary/aromatic N) is 1. The second kappa shape index (κ2) is 5.31. The van der Waals surface area contributed by atoms with Crippen molar-refractivity contribution in [1.29, 1.82) is 0 Å². The van der Waals surface area contributed by atoms with E-state index in [1.54, 1.807) is 0 Å². The fraction of sp³-hybridized carbons (Fsp3) is 1.00. The predicted octanol–water partition coefficient (Wildman–Crippen LogP) is 2.24. The summed E-state index contributed by atoms with van der Waals surface area (Å²) in [5.74, 6) is 1.98.